The normalized spacial score (nSPS) is 19.4. The van der Waals surface area contributed by atoms with E-state index >= 15 is 0 Å². The number of fused-ring (bicyclic) bond motifs is 1. The number of H-pyrrole nitrogens is 1. The molecule has 1 aliphatic heterocycles. The molecule has 2 N–H and O–H groups in total. The van der Waals surface area contributed by atoms with Gasteiger partial charge in [-0.1, -0.05) is 0 Å². The van der Waals surface area contributed by atoms with Gasteiger partial charge < -0.3 is 10.3 Å². The van der Waals surface area contributed by atoms with E-state index in [1.807, 2.05) is 18.5 Å². The highest BCUT2D eigenvalue weighted by Gasteiger charge is 2.22. The Labute approximate surface area is 127 Å². The van der Waals surface area contributed by atoms with Gasteiger partial charge in [-0.15, -0.1) is 23.7 Å². The summed E-state index contributed by atoms with van der Waals surface area (Å²) in [7, 11) is 1.99. The first kappa shape index (κ1) is 15.4. The van der Waals surface area contributed by atoms with Gasteiger partial charge in [-0.05, 0) is 43.9 Å². The molecule has 3 heterocycles. The van der Waals surface area contributed by atoms with Gasteiger partial charge in [0.15, 0.2) is 0 Å². The zero-order chi connectivity index (χ0) is 13.2. The van der Waals surface area contributed by atoms with E-state index in [1.165, 1.54) is 17.8 Å². The summed E-state index contributed by atoms with van der Waals surface area (Å²) in [5, 5.41) is 5.14. The maximum Gasteiger partial charge on any atom is 0.268 e. The van der Waals surface area contributed by atoms with Gasteiger partial charge in [0.2, 0.25) is 0 Å². The van der Waals surface area contributed by atoms with Crippen molar-refractivity contribution in [3.05, 3.63) is 27.6 Å². The molecule has 110 valence electrons. The molecule has 5 nitrogen and oxygen atoms in total. The van der Waals surface area contributed by atoms with E-state index in [9.17, 15) is 4.79 Å². The van der Waals surface area contributed by atoms with Crippen molar-refractivity contribution in [2.75, 3.05) is 26.7 Å². The van der Waals surface area contributed by atoms with Crippen LogP contribution in [0.2, 0.25) is 0 Å². The van der Waals surface area contributed by atoms with Crippen molar-refractivity contribution in [2.24, 2.45) is 5.92 Å². The second-order valence-electron chi connectivity index (χ2n) is 5.10. The number of thiophene rings is 1. The molecule has 1 atom stereocenters. The van der Waals surface area contributed by atoms with Gasteiger partial charge >= 0.3 is 0 Å². The molecule has 0 radical (unpaired) electrons. The fraction of sp³-hybridized carbons (Fsp3) is 0.538. The lowest BCUT2D eigenvalue weighted by Gasteiger charge is -2.15. The number of halogens is 1. The fourth-order valence-corrected chi connectivity index (χ4v) is 3.45. The fourth-order valence-electron chi connectivity index (χ4n) is 2.72. The standard InChI is InChI=1S/C13H18N4OS.ClH/c1-14-6-9-2-4-17(7-9)8-11-15-10-3-5-19-12(10)13(18)16-11;/h3,5,9,14H,2,4,6-8H2,1H3,(H,15,16,18);1H. The predicted octanol–water partition coefficient (Wildman–Crippen LogP) is 1.45. The van der Waals surface area contributed by atoms with Gasteiger partial charge in [0.05, 0.1) is 12.1 Å². The molecule has 1 saturated heterocycles. The van der Waals surface area contributed by atoms with Gasteiger partial charge in [-0.2, -0.15) is 0 Å². The van der Waals surface area contributed by atoms with Crippen LogP contribution in [0.5, 0.6) is 0 Å². The Kier molecular flexibility index (Phi) is 5.15. The molecular weight excluding hydrogens is 296 g/mol. The van der Waals surface area contributed by atoms with Crippen LogP contribution in [0.4, 0.5) is 0 Å². The summed E-state index contributed by atoms with van der Waals surface area (Å²) >= 11 is 1.44. The molecule has 0 aromatic carbocycles. The third-order valence-corrected chi connectivity index (χ3v) is 4.50. The minimum Gasteiger partial charge on any atom is -0.319 e. The van der Waals surface area contributed by atoms with Gasteiger partial charge in [0.1, 0.15) is 10.5 Å². The van der Waals surface area contributed by atoms with Crippen LogP contribution in [-0.4, -0.2) is 41.5 Å². The Morgan fingerprint density at radius 3 is 3.25 bits per heavy atom. The van der Waals surface area contributed by atoms with E-state index in [1.54, 1.807) is 0 Å². The highest BCUT2D eigenvalue weighted by molar-refractivity contribution is 7.17. The minimum absolute atomic E-state index is 0. The van der Waals surface area contributed by atoms with Gasteiger partial charge in [-0.25, -0.2) is 4.98 Å². The first-order valence-electron chi connectivity index (χ1n) is 6.59. The molecule has 2 aromatic rings. The number of nitrogens with zero attached hydrogens (tertiary/aromatic N) is 2. The smallest absolute Gasteiger partial charge is 0.268 e. The first-order chi connectivity index (χ1) is 9.26. The predicted molar refractivity (Wildman–Crippen MR) is 84.8 cm³/mol. The van der Waals surface area contributed by atoms with Crippen LogP contribution >= 0.6 is 23.7 Å². The first-order valence-corrected chi connectivity index (χ1v) is 7.47. The van der Waals surface area contributed by atoms with Gasteiger partial charge in [0.25, 0.3) is 5.56 Å². The average molecular weight is 315 g/mol. The number of hydrogen-bond acceptors (Lipinski definition) is 5. The van der Waals surface area contributed by atoms with Gasteiger partial charge in [-0.3, -0.25) is 9.69 Å². The highest BCUT2D eigenvalue weighted by atomic mass is 35.5. The summed E-state index contributed by atoms with van der Waals surface area (Å²) in [6.07, 6.45) is 1.21. The summed E-state index contributed by atoms with van der Waals surface area (Å²) in [6, 6.07) is 1.91. The largest absolute Gasteiger partial charge is 0.319 e. The molecule has 7 heteroatoms. The van der Waals surface area contributed by atoms with E-state index in [0.29, 0.717) is 5.92 Å². The summed E-state index contributed by atoms with van der Waals surface area (Å²) in [4.78, 5) is 21.7. The van der Waals surface area contributed by atoms with Crippen LogP contribution in [-0.2, 0) is 6.54 Å². The Balaban J connectivity index is 0.00000147. The molecule has 1 unspecified atom stereocenters. The van der Waals surface area contributed by atoms with E-state index in [-0.39, 0.29) is 18.0 Å². The lowest BCUT2D eigenvalue weighted by molar-refractivity contribution is 0.307. The molecule has 0 saturated carbocycles. The van der Waals surface area contributed by atoms with E-state index in [2.05, 4.69) is 20.2 Å². The lowest BCUT2D eigenvalue weighted by atomic mass is 10.1. The maximum absolute atomic E-state index is 11.9. The Bertz CT molecular complexity index is 626. The Hall–Kier alpha value is -0.950. The Morgan fingerprint density at radius 1 is 1.60 bits per heavy atom. The van der Waals surface area contributed by atoms with Crippen molar-refractivity contribution in [2.45, 2.75) is 13.0 Å². The van der Waals surface area contributed by atoms with Crippen LogP contribution in [0.1, 0.15) is 12.2 Å². The number of rotatable bonds is 4. The number of aromatic amines is 1. The average Bonchev–Trinajstić information content (AvgIpc) is 2.99. The zero-order valence-electron chi connectivity index (χ0n) is 11.4. The summed E-state index contributed by atoms with van der Waals surface area (Å²) in [5.41, 5.74) is 0.802. The lowest BCUT2D eigenvalue weighted by Crippen LogP contribution is -2.26. The van der Waals surface area contributed by atoms with E-state index < -0.39 is 0 Å². The second-order valence-corrected chi connectivity index (χ2v) is 6.01. The summed E-state index contributed by atoms with van der Waals surface area (Å²) < 4.78 is 0.721. The number of hydrogen-bond donors (Lipinski definition) is 2. The van der Waals surface area contributed by atoms with Crippen molar-refractivity contribution in [1.29, 1.82) is 0 Å². The highest BCUT2D eigenvalue weighted by Crippen LogP contribution is 2.18. The summed E-state index contributed by atoms with van der Waals surface area (Å²) in [6.45, 7) is 3.95. The van der Waals surface area contributed by atoms with Crippen molar-refractivity contribution in [3.8, 4) is 0 Å². The van der Waals surface area contributed by atoms with Crippen molar-refractivity contribution in [1.82, 2.24) is 20.2 Å². The molecular formula is C13H19ClN4OS. The van der Waals surface area contributed by atoms with Crippen molar-refractivity contribution >= 4 is 34.0 Å². The van der Waals surface area contributed by atoms with Crippen molar-refractivity contribution < 1.29 is 0 Å². The number of nitrogens with one attached hydrogen (secondary N) is 2. The maximum atomic E-state index is 11.9. The van der Waals surface area contributed by atoms with Crippen LogP contribution in [0.3, 0.4) is 0 Å². The van der Waals surface area contributed by atoms with E-state index in [4.69, 9.17) is 0 Å². The monoisotopic (exact) mass is 314 g/mol. The quantitative estimate of drug-likeness (QED) is 0.896. The van der Waals surface area contributed by atoms with E-state index in [0.717, 1.165) is 42.2 Å². The molecule has 3 rings (SSSR count). The number of likely N-dealkylation sites (tertiary alicyclic amines) is 1. The molecule has 1 aliphatic rings. The van der Waals surface area contributed by atoms with Crippen LogP contribution in [0.15, 0.2) is 16.2 Å². The van der Waals surface area contributed by atoms with Crippen LogP contribution < -0.4 is 10.9 Å². The molecule has 20 heavy (non-hydrogen) atoms. The topological polar surface area (TPSA) is 61.0 Å². The molecule has 0 amide bonds. The molecule has 0 bridgehead atoms. The number of aromatic nitrogens is 2. The van der Waals surface area contributed by atoms with Crippen molar-refractivity contribution in [3.63, 3.8) is 0 Å². The van der Waals surface area contributed by atoms with Crippen LogP contribution in [0, 0.1) is 5.92 Å². The van der Waals surface area contributed by atoms with Crippen LogP contribution in [0.25, 0.3) is 10.2 Å². The summed E-state index contributed by atoms with van der Waals surface area (Å²) in [5.74, 6) is 1.49. The zero-order valence-corrected chi connectivity index (χ0v) is 13.0. The molecule has 0 aliphatic carbocycles. The minimum atomic E-state index is -0.0130. The molecule has 0 spiro atoms. The second kappa shape index (κ2) is 6.67. The molecule has 2 aromatic heterocycles. The SMILES string of the molecule is CNCC1CCN(Cc2nc3ccsc3c(=O)[nH]2)C1.Cl. The van der Waals surface area contributed by atoms with Gasteiger partial charge in [0, 0.05) is 6.54 Å². The third kappa shape index (κ3) is 3.20. The third-order valence-electron chi connectivity index (χ3n) is 3.60. The molecule has 1 fully saturated rings. The Morgan fingerprint density at radius 2 is 2.45 bits per heavy atom.